The van der Waals surface area contributed by atoms with Gasteiger partial charge >= 0.3 is 5.69 Å². The first-order valence-corrected chi connectivity index (χ1v) is 9.38. The smallest absolute Gasteiger partial charge is 0.309 e. The number of carbonyl (C=O) groups excluding carboxylic acids is 1. The molecule has 4 aliphatic rings. The molecule has 1 heterocycles. The maximum absolute atomic E-state index is 12.3. The van der Waals surface area contributed by atoms with E-state index in [-0.39, 0.29) is 11.6 Å². The highest BCUT2D eigenvalue weighted by atomic mass is 16.6. The minimum atomic E-state index is -0.439. The standard InChI is InChI=1S/C18H26N4O3/c1-12-16(22(24)25)10-20-21(12)3-2-17(23)19-11-18-7-13-4-14(8-18)6-15(5-13)9-18/h10,13-15H,2-9,11H2,1H3,(H,19,23). The van der Waals surface area contributed by atoms with Crippen molar-refractivity contribution in [2.75, 3.05) is 6.54 Å². The summed E-state index contributed by atoms with van der Waals surface area (Å²) in [5.74, 6) is 2.68. The summed E-state index contributed by atoms with van der Waals surface area (Å²) in [6, 6.07) is 0. The maximum atomic E-state index is 12.3. The predicted molar refractivity (Wildman–Crippen MR) is 91.9 cm³/mol. The number of amides is 1. The molecule has 4 aliphatic carbocycles. The van der Waals surface area contributed by atoms with Crippen LogP contribution in [0.3, 0.4) is 0 Å². The van der Waals surface area contributed by atoms with Crippen molar-refractivity contribution in [2.45, 2.75) is 58.4 Å². The van der Waals surface area contributed by atoms with Gasteiger partial charge in [-0.3, -0.25) is 19.6 Å². The Hall–Kier alpha value is -1.92. The van der Waals surface area contributed by atoms with E-state index in [1.165, 1.54) is 44.7 Å². The van der Waals surface area contributed by atoms with Crippen LogP contribution < -0.4 is 5.32 Å². The summed E-state index contributed by atoms with van der Waals surface area (Å²) in [4.78, 5) is 22.7. The number of nitro groups is 1. The van der Waals surface area contributed by atoms with Gasteiger partial charge in [0.05, 0.1) is 11.5 Å². The van der Waals surface area contributed by atoms with Crippen LogP contribution in [0.2, 0.25) is 0 Å². The van der Waals surface area contributed by atoms with Crippen molar-refractivity contribution in [1.82, 2.24) is 15.1 Å². The molecular weight excluding hydrogens is 320 g/mol. The first kappa shape index (κ1) is 16.5. The van der Waals surface area contributed by atoms with E-state index in [0.717, 1.165) is 24.3 Å². The average molecular weight is 346 g/mol. The molecule has 0 spiro atoms. The van der Waals surface area contributed by atoms with Gasteiger partial charge < -0.3 is 5.32 Å². The molecule has 1 N–H and O–H groups in total. The van der Waals surface area contributed by atoms with Crippen LogP contribution in [0.25, 0.3) is 0 Å². The molecule has 4 fully saturated rings. The Bertz CT molecular complexity index is 661. The van der Waals surface area contributed by atoms with Crippen molar-refractivity contribution in [2.24, 2.45) is 23.2 Å². The fourth-order valence-corrected chi connectivity index (χ4v) is 5.93. The maximum Gasteiger partial charge on any atom is 0.309 e. The quantitative estimate of drug-likeness (QED) is 0.633. The van der Waals surface area contributed by atoms with E-state index in [2.05, 4.69) is 10.4 Å². The number of hydrogen-bond donors (Lipinski definition) is 1. The van der Waals surface area contributed by atoms with E-state index in [0.29, 0.717) is 24.1 Å². The minimum absolute atomic E-state index is 0.00831. The van der Waals surface area contributed by atoms with E-state index in [1.54, 1.807) is 11.6 Å². The highest BCUT2D eigenvalue weighted by molar-refractivity contribution is 5.75. The highest BCUT2D eigenvalue weighted by Gasteiger charge is 2.50. The Morgan fingerprint density at radius 1 is 1.32 bits per heavy atom. The van der Waals surface area contributed by atoms with Crippen molar-refractivity contribution in [3.8, 4) is 0 Å². The molecule has 7 nitrogen and oxygen atoms in total. The normalized spacial score (nSPS) is 32.8. The molecular formula is C18H26N4O3. The third-order valence-electron chi connectivity index (χ3n) is 6.65. The van der Waals surface area contributed by atoms with Crippen LogP contribution in [0.1, 0.15) is 50.6 Å². The van der Waals surface area contributed by atoms with Crippen LogP contribution >= 0.6 is 0 Å². The predicted octanol–water partition coefficient (Wildman–Crippen LogP) is 2.82. The number of nitrogens with one attached hydrogen (secondary N) is 1. The molecule has 0 aromatic carbocycles. The van der Waals surface area contributed by atoms with Gasteiger partial charge in [0.2, 0.25) is 5.91 Å². The monoisotopic (exact) mass is 346 g/mol. The molecule has 0 atom stereocenters. The van der Waals surface area contributed by atoms with Gasteiger partial charge in [0.15, 0.2) is 0 Å². The summed E-state index contributed by atoms with van der Waals surface area (Å²) in [5.41, 5.74) is 0.845. The lowest BCUT2D eigenvalue weighted by Gasteiger charge is -2.56. The van der Waals surface area contributed by atoms with Gasteiger partial charge in [-0.1, -0.05) is 0 Å². The first-order valence-electron chi connectivity index (χ1n) is 9.38. The first-order chi connectivity index (χ1) is 11.9. The lowest BCUT2D eigenvalue weighted by Crippen LogP contribution is -2.51. The largest absolute Gasteiger partial charge is 0.355 e. The van der Waals surface area contributed by atoms with Crippen LogP contribution in [0.15, 0.2) is 6.20 Å². The van der Waals surface area contributed by atoms with Crippen LogP contribution in [-0.2, 0) is 11.3 Å². The van der Waals surface area contributed by atoms with E-state index >= 15 is 0 Å². The van der Waals surface area contributed by atoms with Gasteiger partial charge in [0, 0.05) is 13.0 Å². The Morgan fingerprint density at radius 2 is 1.92 bits per heavy atom. The van der Waals surface area contributed by atoms with E-state index < -0.39 is 4.92 Å². The lowest BCUT2D eigenvalue weighted by molar-refractivity contribution is -0.385. The van der Waals surface area contributed by atoms with E-state index in [1.807, 2.05) is 0 Å². The zero-order chi connectivity index (χ0) is 17.6. The summed E-state index contributed by atoms with van der Waals surface area (Å²) in [6.07, 6.45) is 9.63. The summed E-state index contributed by atoms with van der Waals surface area (Å²) >= 11 is 0. The van der Waals surface area contributed by atoms with Crippen LogP contribution in [-0.4, -0.2) is 27.2 Å². The fraction of sp³-hybridized carbons (Fsp3) is 0.778. The van der Waals surface area contributed by atoms with Gasteiger partial charge in [-0.15, -0.1) is 0 Å². The van der Waals surface area contributed by atoms with Crippen molar-refractivity contribution in [1.29, 1.82) is 0 Å². The molecule has 4 saturated carbocycles. The highest BCUT2D eigenvalue weighted by Crippen LogP contribution is 2.59. The average Bonchev–Trinajstić information content (AvgIpc) is 2.91. The summed E-state index contributed by atoms with van der Waals surface area (Å²) in [6.45, 7) is 2.85. The molecule has 4 bridgehead atoms. The zero-order valence-electron chi connectivity index (χ0n) is 14.7. The molecule has 25 heavy (non-hydrogen) atoms. The van der Waals surface area contributed by atoms with Crippen LogP contribution in [0, 0.1) is 40.2 Å². The van der Waals surface area contributed by atoms with Crippen molar-refractivity contribution < 1.29 is 9.72 Å². The van der Waals surface area contributed by atoms with Crippen molar-refractivity contribution >= 4 is 11.6 Å². The van der Waals surface area contributed by atoms with Crippen LogP contribution in [0.4, 0.5) is 5.69 Å². The van der Waals surface area contributed by atoms with Crippen molar-refractivity contribution in [3.05, 3.63) is 22.0 Å². The van der Waals surface area contributed by atoms with Gasteiger partial charge in [-0.05, 0) is 68.6 Å². The second-order valence-electron chi connectivity index (χ2n) is 8.54. The molecule has 5 rings (SSSR count). The molecule has 1 aromatic heterocycles. The van der Waals surface area contributed by atoms with Crippen LogP contribution in [0.5, 0.6) is 0 Å². The lowest BCUT2D eigenvalue weighted by atomic mass is 9.49. The summed E-state index contributed by atoms with van der Waals surface area (Å²) in [5, 5.41) is 18.0. The third kappa shape index (κ3) is 3.16. The second kappa shape index (κ2) is 6.11. The third-order valence-corrected chi connectivity index (χ3v) is 6.65. The SMILES string of the molecule is Cc1c([N+](=O)[O-])cnn1CCC(=O)NCC12CC3CC(CC(C3)C1)C2. The van der Waals surface area contributed by atoms with Gasteiger partial charge in [-0.2, -0.15) is 5.10 Å². The second-order valence-corrected chi connectivity index (χ2v) is 8.54. The van der Waals surface area contributed by atoms with Crippen molar-refractivity contribution in [3.63, 3.8) is 0 Å². The van der Waals surface area contributed by atoms with Gasteiger partial charge in [0.25, 0.3) is 0 Å². The Labute approximate surface area is 147 Å². The Balaban J connectivity index is 1.29. The number of aromatic nitrogens is 2. The molecule has 0 aliphatic heterocycles. The molecule has 1 aromatic rings. The van der Waals surface area contributed by atoms with Gasteiger partial charge in [-0.25, -0.2) is 0 Å². The molecule has 0 saturated heterocycles. The Morgan fingerprint density at radius 3 is 2.44 bits per heavy atom. The number of aryl methyl sites for hydroxylation is 1. The fourth-order valence-electron chi connectivity index (χ4n) is 5.93. The summed E-state index contributed by atoms with van der Waals surface area (Å²) < 4.78 is 1.54. The minimum Gasteiger partial charge on any atom is -0.355 e. The van der Waals surface area contributed by atoms with E-state index in [4.69, 9.17) is 0 Å². The molecule has 1 amide bonds. The van der Waals surface area contributed by atoms with Gasteiger partial charge in [0.1, 0.15) is 11.9 Å². The number of rotatable bonds is 6. The Kier molecular flexibility index (Phi) is 4.04. The number of hydrogen-bond acceptors (Lipinski definition) is 4. The summed E-state index contributed by atoms with van der Waals surface area (Å²) in [7, 11) is 0. The number of carbonyl (C=O) groups is 1. The topological polar surface area (TPSA) is 90.1 Å². The zero-order valence-corrected chi connectivity index (χ0v) is 14.7. The molecule has 0 unspecified atom stereocenters. The number of nitrogens with zero attached hydrogens (tertiary/aromatic N) is 3. The van der Waals surface area contributed by atoms with E-state index in [9.17, 15) is 14.9 Å². The molecule has 136 valence electrons. The molecule has 0 radical (unpaired) electrons. The molecule has 7 heteroatoms.